The van der Waals surface area contributed by atoms with Gasteiger partial charge < -0.3 is 9.64 Å². The van der Waals surface area contributed by atoms with Crippen LogP contribution in [0, 0.1) is 18.3 Å². The van der Waals surface area contributed by atoms with Crippen LogP contribution >= 0.6 is 11.3 Å². The molecule has 0 atom stereocenters. The summed E-state index contributed by atoms with van der Waals surface area (Å²) < 4.78 is 33.4. The van der Waals surface area contributed by atoms with E-state index in [1.807, 2.05) is 11.8 Å². The summed E-state index contributed by atoms with van der Waals surface area (Å²) in [7, 11) is -3.79. The molecule has 8 nitrogen and oxygen atoms in total. The van der Waals surface area contributed by atoms with E-state index in [1.54, 1.807) is 23.6 Å². The van der Waals surface area contributed by atoms with Crippen molar-refractivity contribution < 1.29 is 13.2 Å². The van der Waals surface area contributed by atoms with Crippen molar-refractivity contribution in [2.45, 2.75) is 11.8 Å². The standard InChI is InChI=1S/C18H15N5O3S2/c1-12-2-3-13(11-19)17(21-12)23-7-8-26-16-10-14(4-5-15(16)23)28(24,25)22-18-20-6-9-27-18/h2-6,9-10H,7-8H2,1H3,(H,20,22). The zero-order chi connectivity index (χ0) is 19.7. The van der Waals surface area contributed by atoms with Gasteiger partial charge in [0, 0.05) is 23.3 Å². The topological polar surface area (TPSA) is 108 Å². The Labute approximate surface area is 166 Å². The Bertz CT molecular complexity index is 1170. The number of aromatic nitrogens is 2. The molecule has 0 bridgehead atoms. The molecule has 0 saturated carbocycles. The Morgan fingerprint density at radius 3 is 2.93 bits per heavy atom. The first-order chi connectivity index (χ1) is 13.5. The Hall–Kier alpha value is -3.16. The number of thiazole rings is 1. The number of nitrogens with one attached hydrogen (secondary N) is 1. The van der Waals surface area contributed by atoms with E-state index in [1.165, 1.54) is 29.7 Å². The fourth-order valence-electron chi connectivity index (χ4n) is 2.87. The Morgan fingerprint density at radius 1 is 1.32 bits per heavy atom. The smallest absolute Gasteiger partial charge is 0.263 e. The molecule has 4 rings (SSSR count). The molecule has 1 aromatic carbocycles. The lowest BCUT2D eigenvalue weighted by Gasteiger charge is -2.31. The second kappa shape index (κ2) is 7.10. The maximum Gasteiger partial charge on any atom is 0.263 e. The van der Waals surface area contributed by atoms with Gasteiger partial charge in [-0.25, -0.2) is 18.4 Å². The van der Waals surface area contributed by atoms with Crippen molar-refractivity contribution in [1.82, 2.24) is 9.97 Å². The van der Waals surface area contributed by atoms with Crippen LogP contribution < -0.4 is 14.4 Å². The minimum Gasteiger partial charge on any atom is -0.489 e. The van der Waals surface area contributed by atoms with Crippen LogP contribution in [0.15, 0.2) is 46.8 Å². The Kier molecular flexibility index (Phi) is 4.62. The lowest BCUT2D eigenvalue weighted by Crippen LogP contribution is -2.30. The number of rotatable bonds is 4. The molecule has 0 aliphatic carbocycles. The molecule has 0 fully saturated rings. The fraction of sp³-hybridized carbons (Fsp3) is 0.167. The first-order valence-corrected chi connectivity index (χ1v) is 10.7. The molecule has 0 spiro atoms. The minimum absolute atomic E-state index is 0.0704. The van der Waals surface area contributed by atoms with Crippen LogP contribution in [0.3, 0.4) is 0 Å². The van der Waals surface area contributed by atoms with Gasteiger partial charge in [-0.3, -0.25) is 4.72 Å². The molecule has 0 unspecified atom stereocenters. The molecule has 0 radical (unpaired) electrons. The van der Waals surface area contributed by atoms with Crippen LogP contribution in [0.5, 0.6) is 5.75 Å². The normalized spacial score (nSPS) is 13.4. The van der Waals surface area contributed by atoms with Gasteiger partial charge in [0.25, 0.3) is 10.0 Å². The fourth-order valence-corrected chi connectivity index (χ4v) is 4.68. The average molecular weight is 413 g/mol. The Balaban J connectivity index is 1.73. The van der Waals surface area contributed by atoms with Crippen LogP contribution in [-0.2, 0) is 10.0 Å². The number of fused-ring (bicyclic) bond motifs is 1. The van der Waals surface area contributed by atoms with Gasteiger partial charge in [0.2, 0.25) is 0 Å². The third-order valence-corrected chi connectivity index (χ3v) is 6.30. The van der Waals surface area contributed by atoms with Gasteiger partial charge in [-0.15, -0.1) is 11.3 Å². The molecular formula is C18H15N5O3S2. The highest BCUT2D eigenvalue weighted by atomic mass is 32.2. The second-order valence-corrected chi connectivity index (χ2v) is 8.58. The summed E-state index contributed by atoms with van der Waals surface area (Å²) in [6.45, 7) is 2.70. The first kappa shape index (κ1) is 18.2. The molecule has 1 aliphatic rings. The third-order valence-electron chi connectivity index (χ3n) is 4.15. The molecule has 3 aromatic rings. The molecule has 142 valence electrons. The van der Waals surface area contributed by atoms with Crippen LogP contribution in [-0.4, -0.2) is 31.5 Å². The quantitative estimate of drug-likeness (QED) is 0.700. The summed E-state index contributed by atoms with van der Waals surface area (Å²) in [5, 5.41) is 11.4. The number of nitriles is 1. The summed E-state index contributed by atoms with van der Waals surface area (Å²) in [6.07, 6.45) is 1.53. The van der Waals surface area contributed by atoms with Crippen molar-refractivity contribution in [3.05, 3.63) is 53.2 Å². The van der Waals surface area contributed by atoms with Crippen molar-refractivity contribution in [1.29, 1.82) is 5.26 Å². The number of pyridine rings is 1. The Morgan fingerprint density at radius 2 is 2.18 bits per heavy atom. The predicted octanol–water partition coefficient (Wildman–Crippen LogP) is 3.05. The number of anilines is 3. The lowest BCUT2D eigenvalue weighted by molar-refractivity contribution is 0.312. The third kappa shape index (κ3) is 3.37. The number of benzene rings is 1. The molecule has 1 aliphatic heterocycles. The second-order valence-electron chi connectivity index (χ2n) is 6.01. The summed E-state index contributed by atoms with van der Waals surface area (Å²) >= 11 is 1.20. The van der Waals surface area contributed by atoms with E-state index in [-0.39, 0.29) is 4.90 Å². The zero-order valence-electron chi connectivity index (χ0n) is 14.8. The van der Waals surface area contributed by atoms with Crippen molar-refractivity contribution in [2.24, 2.45) is 0 Å². The highest BCUT2D eigenvalue weighted by Gasteiger charge is 2.26. The monoisotopic (exact) mass is 413 g/mol. The highest BCUT2D eigenvalue weighted by Crippen LogP contribution is 2.38. The van der Waals surface area contributed by atoms with E-state index in [2.05, 4.69) is 20.8 Å². The molecule has 10 heteroatoms. The lowest BCUT2D eigenvalue weighted by atomic mass is 10.2. The largest absolute Gasteiger partial charge is 0.489 e. The summed E-state index contributed by atoms with van der Waals surface area (Å²) in [5.74, 6) is 0.948. The van der Waals surface area contributed by atoms with Crippen LogP contribution in [0.1, 0.15) is 11.3 Å². The minimum atomic E-state index is -3.79. The SMILES string of the molecule is Cc1ccc(C#N)c(N2CCOc3cc(S(=O)(=O)Nc4nccs4)ccc32)n1. The van der Waals surface area contributed by atoms with Crippen molar-refractivity contribution in [2.75, 3.05) is 22.8 Å². The molecule has 2 aromatic heterocycles. The zero-order valence-corrected chi connectivity index (χ0v) is 16.4. The van der Waals surface area contributed by atoms with Gasteiger partial charge in [-0.1, -0.05) is 0 Å². The summed E-state index contributed by atoms with van der Waals surface area (Å²) in [6, 6.07) is 10.3. The van der Waals surface area contributed by atoms with Gasteiger partial charge >= 0.3 is 0 Å². The van der Waals surface area contributed by atoms with Crippen molar-refractivity contribution >= 4 is 38.0 Å². The van der Waals surface area contributed by atoms with Crippen LogP contribution in [0.2, 0.25) is 0 Å². The van der Waals surface area contributed by atoms with Gasteiger partial charge in [-0.05, 0) is 31.2 Å². The van der Waals surface area contributed by atoms with Crippen LogP contribution in [0.4, 0.5) is 16.6 Å². The molecule has 0 saturated heterocycles. The molecule has 3 heterocycles. The maximum absolute atomic E-state index is 12.6. The predicted molar refractivity (Wildman–Crippen MR) is 106 cm³/mol. The maximum atomic E-state index is 12.6. The number of ether oxygens (including phenoxy) is 1. The van der Waals surface area contributed by atoms with Gasteiger partial charge in [-0.2, -0.15) is 5.26 Å². The number of sulfonamides is 1. The number of nitrogens with zero attached hydrogens (tertiary/aromatic N) is 4. The van der Waals surface area contributed by atoms with E-state index >= 15 is 0 Å². The van der Waals surface area contributed by atoms with Gasteiger partial charge in [0.1, 0.15) is 18.4 Å². The number of aryl methyl sites for hydroxylation is 1. The van der Waals surface area contributed by atoms with Crippen LogP contribution in [0.25, 0.3) is 0 Å². The molecular weight excluding hydrogens is 398 g/mol. The van der Waals surface area contributed by atoms with E-state index < -0.39 is 10.0 Å². The van der Waals surface area contributed by atoms with Gasteiger partial charge in [0.15, 0.2) is 10.9 Å². The molecule has 1 N–H and O–H groups in total. The molecule has 28 heavy (non-hydrogen) atoms. The van der Waals surface area contributed by atoms with E-state index in [0.29, 0.717) is 41.1 Å². The van der Waals surface area contributed by atoms with E-state index in [4.69, 9.17) is 4.74 Å². The average Bonchev–Trinajstić information content (AvgIpc) is 3.19. The molecule has 0 amide bonds. The van der Waals surface area contributed by atoms with E-state index in [0.717, 1.165) is 5.69 Å². The first-order valence-electron chi connectivity index (χ1n) is 8.32. The number of hydrogen-bond acceptors (Lipinski definition) is 8. The van der Waals surface area contributed by atoms with E-state index in [9.17, 15) is 13.7 Å². The number of hydrogen-bond donors (Lipinski definition) is 1. The van der Waals surface area contributed by atoms with Gasteiger partial charge in [0.05, 0.1) is 22.7 Å². The van der Waals surface area contributed by atoms with Crippen molar-refractivity contribution in [3.8, 4) is 11.8 Å². The summed E-state index contributed by atoms with van der Waals surface area (Å²) in [5.41, 5.74) is 1.89. The van der Waals surface area contributed by atoms with Crippen molar-refractivity contribution in [3.63, 3.8) is 0 Å². The highest BCUT2D eigenvalue weighted by molar-refractivity contribution is 7.93. The summed E-state index contributed by atoms with van der Waals surface area (Å²) in [4.78, 5) is 10.4.